The molecule has 1 fully saturated rings. The van der Waals surface area contributed by atoms with Crippen molar-refractivity contribution in [2.24, 2.45) is 11.7 Å². The van der Waals surface area contributed by atoms with E-state index in [9.17, 15) is 13.2 Å². The minimum atomic E-state index is -2.55. The molecule has 1 nitrogen and oxygen atoms in total. The van der Waals surface area contributed by atoms with Crippen molar-refractivity contribution in [1.82, 2.24) is 0 Å². The van der Waals surface area contributed by atoms with Gasteiger partial charge in [0.2, 0.25) is 5.92 Å². The van der Waals surface area contributed by atoms with E-state index in [4.69, 9.17) is 5.73 Å². The molecule has 2 atom stereocenters. The third-order valence-corrected chi connectivity index (χ3v) is 3.43. The first-order chi connectivity index (χ1) is 7.96. The molecular formula is C13H16F3N. The lowest BCUT2D eigenvalue weighted by Crippen LogP contribution is -2.31. The second-order valence-electron chi connectivity index (χ2n) is 4.85. The van der Waals surface area contributed by atoms with Crippen molar-refractivity contribution < 1.29 is 13.2 Å². The fraction of sp³-hybridized carbons (Fsp3) is 0.538. The van der Waals surface area contributed by atoms with Gasteiger partial charge in [-0.15, -0.1) is 0 Å². The van der Waals surface area contributed by atoms with Crippen LogP contribution in [0.4, 0.5) is 13.2 Å². The molecule has 0 aliphatic heterocycles. The Morgan fingerprint density at radius 3 is 2.47 bits per heavy atom. The molecule has 2 rings (SSSR count). The molecule has 1 saturated carbocycles. The van der Waals surface area contributed by atoms with Crippen molar-refractivity contribution in [3.05, 3.63) is 35.6 Å². The molecule has 0 spiro atoms. The minimum absolute atomic E-state index is 0.0607. The Bertz CT molecular complexity index is 375. The molecule has 1 aliphatic carbocycles. The summed E-state index contributed by atoms with van der Waals surface area (Å²) in [5.74, 6) is -2.98. The number of benzene rings is 1. The monoisotopic (exact) mass is 243 g/mol. The first kappa shape index (κ1) is 12.4. The normalized spacial score (nSPS) is 24.8. The van der Waals surface area contributed by atoms with Gasteiger partial charge in [-0.3, -0.25) is 0 Å². The van der Waals surface area contributed by atoms with Gasteiger partial charge in [0.15, 0.2) is 0 Å². The zero-order valence-electron chi connectivity index (χ0n) is 9.50. The van der Waals surface area contributed by atoms with E-state index in [0.29, 0.717) is 12.8 Å². The van der Waals surface area contributed by atoms with Crippen LogP contribution in [0.2, 0.25) is 0 Å². The predicted octanol–water partition coefficient (Wildman–Crippen LogP) is 3.13. The standard InChI is InChI=1S/C13H16F3N/c14-11-3-1-9(2-4-11)7-12(17)10-5-6-13(15,16)8-10/h1-4,10,12H,5-8,17H2. The Balaban J connectivity index is 1.93. The quantitative estimate of drug-likeness (QED) is 0.867. The zero-order chi connectivity index (χ0) is 12.5. The van der Waals surface area contributed by atoms with E-state index < -0.39 is 5.92 Å². The second kappa shape index (κ2) is 4.69. The van der Waals surface area contributed by atoms with Gasteiger partial charge in [-0.25, -0.2) is 13.2 Å². The highest BCUT2D eigenvalue weighted by molar-refractivity contribution is 5.17. The van der Waals surface area contributed by atoms with Gasteiger partial charge in [-0.1, -0.05) is 12.1 Å². The molecule has 0 heterocycles. The average molecular weight is 243 g/mol. The second-order valence-corrected chi connectivity index (χ2v) is 4.85. The molecule has 0 bridgehead atoms. The fourth-order valence-corrected chi connectivity index (χ4v) is 2.41. The van der Waals surface area contributed by atoms with Gasteiger partial charge in [0.25, 0.3) is 0 Å². The smallest absolute Gasteiger partial charge is 0.248 e. The van der Waals surface area contributed by atoms with Gasteiger partial charge in [0.1, 0.15) is 5.82 Å². The number of halogens is 3. The summed E-state index contributed by atoms with van der Waals surface area (Å²) in [4.78, 5) is 0. The highest BCUT2D eigenvalue weighted by Crippen LogP contribution is 2.40. The Labute approximate surface area is 98.8 Å². The summed E-state index contributed by atoms with van der Waals surface area (Å²) in [5, 5.41) is 0. The van der Waals surface area contributed by atoms with Gasteiger partial charge in [-0.05, 0) is 36.5 Å². The van der Waals surface area contributed by atoms with E-state index in [2.05, 4.69) is 0 Å². The van der Waals surface area contributed by atoms with Crippen LogP contribution in [0, 0.1) is 11.7 Å². The lowest BCUT2D eigenvalue weighted by atomic mass is 9.93. The summed E-state index contributed by atoms with van der Waals surface area (Å²) in [5.41, 5.74) is 6.84. The fourth-order valence-electron chi connectivity index (χ4n) is 2.41. The van der Waals surface area contributed by atoms with E-state index in [1.54, 1.807) is 12.1 Å². The lowest BCUT2D eigenvalue weighted by Gasteiger charge is -2.19. The van der Waals surface area contributed by atoms with Crippen LogP contribution in [0.25, 0.3) is 0 Å². The van der Waals surface area contributed by atoms with Gasteiger partial charge in [0.05, 0.1) is 0 Å². The first-order valence-electron chi connectivity index (χ1n) is 5.84. The van der Waals surface area contributed by atoms with Crippen LogP contribution in [0.5, 0.6) is 0 Å². The Morgan fingerprint density at radius 2 is 1.94 bits per heavy atom. The average Bonchev–Trinajstić information content (AvgIpc) is 2.62. The summed E-state index contributed by atoms with van der Waals surface area (Å²) < 4.78 is 38.8. The summed E-state index contributed by atoms with van der Waals surface area (Å²) in [6.07, 6.45) is 0.834. The van der Waals surface area contributed by atoms with Crippen molar-refractivity contribution in [1.29, 1.82) is 0 Å². The Kier molecular flexibility index (Phi) is 3.43. The maximum absolute atomic E-state index is 13.0. The Morgan fingerprint density at radius 1 is 1.29 bits per heavy atom. The minimum Gasteiger partial charge on any atom is -0.327 e. The molecule has 1 aliphatic rings. The third-order valence-electron chi connectivity index (χ3n) is 3.43. The zero-order valence-corrected chi connectivity index (χ0v) is 9.50. The summed E-state index contributed by atoms with van der Waals surface area (Å²) >= 11 is 0. The van der Waals surface area contributed by atoms with Crippen LogP contribution < -0.4 is 5.73 Å². The van der Waals surface area contributed by atoms with Crippen molar-refractivity contribution >= 4 is 0 Å². The van der Waals surface area contributed by atoms with Gasteiger partial charge in [0, 0.05) is 18.9 Å². The number of nitrogens with two attached hydrogens (primary N) is 1. The van der Waals surface area contributed by atoms with Crippen LogP contribution in [0.3, 0.4) is 0 Å². The topological polar surface area (TPSA) is 26.0 Å². The molecule has 1 aromatic carbocycles. The van der Waals surface area contributed by atoms with E-state index in [1.807, 2.05) is 0 Å². The molecule has 94 valence electrons. The van der Waals surface area contributed by atoms with Crippen molar-refractivity contribution in [2.75, 3.05) is 0 Å². The molecule has 1 aromatic rings. The molecule has 0 amide bonds. The third kappa shape index (κ3) is 3.22. The molecule has 0 radical (unpaired) electrons. The SMILES string of the molecule is NC(Cc1ccc(F)cc1)C1CCC(F)(F)C1. The molecular weight excluding hydrogens is 227 g/mol. The van der Waals surface area contributed by atoms with Gasteiger partial charge in [-0.2, -0.15) is 0 Å². The van der Waals surface area contributed by atoms with Crippen LogP contribution in [0.15, 0.2) is 24.3 Å². The van der Waals surface area contributed by atoms with Gasteiger partial charge < -0.3 is 5.73 Å². The molecule has 0 saturated heterocycles. The number of rotatable bonds is 3. The van der Waals surface area contributed by atoms with Crippen LogP contribution in [-0.4, -0.2) is 12.0 Å². The Hall–Kier alpha value is -1.03. The van der Waals surface area contributed by atoms with Crippen LogP contribution in [0.1, 0.15) is 24.8 Å². The number of hydrogen-bond acceptors (Lipinski definition) is 1. The molecule has 2 unspecified atom stereocenters. The predicted molar refractivity (Wildman–Crippen MR) is 60.4 cm³/mol. The van der Waals surface area contributed by atoms with Crippen molar-refractivity contribution in [2.45, 2.75) is 37.6 Å². The van der Waals surface area contributed by atoms with Crippen molar-refractivity contribution in [3.63, 3.8) is 0 Å². The lowest BCUT2D eigenvalue weighted by molar-refractivity contribution is 0.00393. The highest BCUT2D eigenvalue weighted by atomic mass is 19.3. The van der Waals surface area contributed by atoms with Crippen LogP contribution in [-0.2, 0) is 6.42 Å². The largest absolute Gasteiger partial charge is 0.327 e. The molecule has 4 heteroatoms. The van der Waals surface area contributed by atoms with Crippen LogP contribution >= 0.6 is 0 Å². The molecule has 17 heavy (non-hydrogen) atoms. The maximum Gasteiger partial charge on any atom is 0.248 e. The van der Waals surface area contributed by atoms with E-state index in [-0.39, 0.29) is 30.6 Å². The van der Waals surface area contributed by atoms with E-state index in [1.165, 1.54) is 12.1 Å². The van der Waals surface area contributed by atoms with Crippen molar-refractivity contribution in [3.8, 4) is 0 Å². The van der Waals surface area contributed by atoms with E-state index >= 15 is 0 Å². The summed E-state index contributed by atoms with van der Waals surface area (Å²) in [6.45, 7) is 0. The number of hydrogen-bond donors (Lipinski definition) is 1. The first-order valence-corrected chi connectivity index (χ1v) is 5.84. The van der Waals surface area contributed by atoms with Gasteiger partial charge >= 0.3 is 0 Å². The molecule has 2 N–H and O–H groups in total. The maximum atomic E-state index is 13.0. The summed E-state index contributed by atoms with van der Waals surface area (Å²) in [7, 11) is 0. The highest BCUT2D eigenvalue weighted by Gasteiger charge is 2.41. The number of alkyl halides is 2. The molecule has 0 aromatic heterocycles. The van der Waals surface area contributed by atoms with E-state index in [0.717, 1.165) is 5.56 Å². The summed E-state index contributed by atoms with van der Waals surface area (Å²) in [6, 6.07) is 5.77.